The number of ether oxygens (including phenoxy) is 4. The SMILES string of the molecule is CC/C=C\C/C=C\C/C=C\C/C=C\CCCCCCCCC(=O)OCC(COP(=O)(O)OCC(O)COP(=O)(O)OCC(COC(=O)CCCCCCC/C=C\C/C=C\CCC)OC(=O)CCCCCCC/C=C\CCCCCC)OC(=O)CCCCCCC/C=C\C/C=C\CCC. The van der Waals surface area contributed by atoms with Crippen LogP contribution in [0.15, 0.2) is 109 Å². The number of aliphatic hydroxyl groups excluding tert-OH is 1. The third kappa shape index (κ3) is 70.2. The number of phosphoric acid groups is 2. The molecule has 19 heteroatoms. The molecule has 0 radical (unpaired) electrons. The van der Waals surface area contributed by atoms with E-state index in [-0.39, 0.29) is 25.7 Å². The maximum atomic E-state index is 13.1. The zero-order valence-electron chi connectivity index (χ0n) is 61.4. The molecule has 0 aliphatic rings. The van der Waals surface area contributed by atoms with Crippen LogP contribution in [0.2, 0.25) is 0 Å². The lowest BCUT2D eigenvalue weighted by atomic mass is 10.1. The third-order valence-corrected chi connectivity index (χ3v) is 17.6. The van der Waals surface area contributed by atoms with Gasteiger partial charge in [0.05, 0.1) is 26.4 Å². The smallest absolute Gasteiger partial charge is 0.462 e. The molecule has 0 fully saturated rings. The number of phosphoric ester groups is 2. The van der Waals surface area contributed by atoms with Crippen molar-refractivity contribution in [3.8, 4) is 0 Å². The first-order valence-corrected chi connectivity index (χ1v) is 41.1. The van der Waals surface area contributed by atoms with Gasteiger partial charge in [-0.05, 0) is 141 Å². The number of esters is 4. The molecule has 0 saturated heterocycles. The summed E-state index contributed by atoms with van der Waals surface area (Å²) in [5.41, 5.74) is 0. The lowest BCUT2D eigenvalue weighted by molar-refractivity contribution is -0.161. The summed E-state index contributed by atoms with van der Waals surface area (Å²) in [6.45, 7) is 4.57. The fourth-order valence-electron chi connectivity index (χ4n) is 9.87. The fourth-order valence-corrected chi connectivity index (χ4v) is 11.4. The molecule has 0 heterocycles. The molecular formula is C79H136O17P2. The van der Waals surface area contributed by atoms with Crippen molar-refractivity contribution >= 4 is 39.5 Å². The van der Waals surface area contributed by atoms with E-state index in [0.717, 1.165) is 205 Å². The zero-order valence-corrected chi connectivity index (χ0v) is 63.2. The monoisotopic (exact) mass is 1420 g/mol. The summed E-state index contributed by atoms with van der Waals surface area (Å²) in [7, 11) is -9.96. The van der Waals surface area contributed by atoms with Crippen LogP contribution in [0, 0.1) is 0 Å². The normalized spacial score (nSPS) is 14.6. The van der Waals surface area contributed by atoms with Crippen molar-refractivity contribution in [3.05, 3.63) is 109 Å². The van der Waals surface area contributed by atoms with E-state index >= 15 is 0 Å². The van der Waals surface area contributed by atoms with Gasteiger partial charge < -0.3 is 33.8 Å². The molecule has 0 aromatic heterocycles. The molecule has 5 atom stereocenters. The van der Waals surface area contributed by atoms with Crippen LogP contribution in [0.25, 0.3) is 0 Å². The summed E-state index contributed by atoms with van der Waals surface area (Å²) in [4.78, 5) is 72.8. The standard InChI is InChI=1S/C79H136O17P2/c1-5-9-13-17-21-25-29-33-34-35-36-37-38-42-44-48-52-56-60-64-77(82)90-70-75(96-79(84)66-62-58-54-50-46-41-32-28-24-20-16-12-8-4)72-94-98(87,88)92-68-73(80)67-91-97(85,86)93-71-74(95-78(83)65-61-57-53-49-45-40-31-27-23-19-15-11-7-3)69-89-76(81)63-59-55-51-47-43-39-30-26-22-18-14-10-6-2/h9,13-14,16,18,20-21,25-28,30-34,36-37,73-75,80H,5-8,10-12,15,17,19,22-24,29,35,38-72H2,1-4H3,(H,85,86)(H,87,88)/b13-9-,18-14-,20-16-,25-21-,30-26-,31-27-,32-28-,34-33-,37-36-. The second-order valence-corrected chi connectivity index (χ2v) is 28.1. The van der Waals surface area contributed by atoms with Crippen LogP contribution in [0.5, 0.6) is 0 Å². The van der Waals surface area contributed by atoms with E-state index in [2.05, 4.69) is 137 Å². The van der Waals surface area contributed by atoms with Gasteiger partial charge in [0.1, 0.15) is 19.3 Å². The van der Waals surface area contributed by atoms with Gasteiger partial charge in [0.25, 0.3) is 0 Å². The number of allylic oxidation sites excluding steroid dienone is 18. The van der Waals surface area contributed by atoms with Gasteiger partial charge in [-0.1, -0.05) is 253 Å². The van der Waals surface area contributed by atoms with Gasteiger partial charge in [-0.15, -0.1) is 0 Å². The summed E-state index contributed by atoms with van der Waals surface area (Å²) < 4.78 is 68.4. The number of aliphatic hydroxyl groups is 1. The van der Waals surface area contributed by atoms with Gasteiger partial charge in [0.2, 0.25) is 0 Å². The van der Waals surface area contributed by atoms with E-state index in [9.17, 15) is 43.2 Å². The molecule has 17 nitrogen and oxygen atoms in total. The molecule has 3 N–H and O–H groups in total. The Bertz CT molecular complexity index is 2290. The predicted molar refractivity (Wildman–Crippen MR) is 399 cm³/mol. The van der Waals surface area contributed by atoms with E-state index in [4.69, 9.17) is 37.0 Å². The minimum atomic E-state index is -4.98. The third-order valence-electron chi connectivity index (χ3n) is 15.7. The highest BCUT2D eigenvalue weighted by Crippen LogP contribution is 2.45. The van der Waals surface area contributed by atoms with Crippen molar-refractivity contribution in [2.75, 3.05) is 39.6 Å². The molecular weight excluding hydrogens is 1280 g/mol. The summed E-state index contributed by atoms with van der Waals surface area (Å²) in [6, 6.07) is 0. The van der Waals surface area contributed by atoms with Gasteiger partial charge in [0, 0.05) is 25.7 Å². The number of hydrogen-bond acceptors (Lipinski definition) is 15. The van der Waals surface area contributed by atoms with Gasteiger partial charge in [-0.25, -0.2) is 9.13 Å². The number of unbranched alkanes of at least 4 members (excludes halogenated alkanes) is 27. The molecule has 0 spiro atoms. The molecule has 0 aliphatic heterocycles. The lowest BCUT2D eigenvalue weighted by Crippen LogP contribution is -2.30. The van der Waals surface area contributed by atoms with Gasteiger partial charge >= 0.3 is 39.5 Å². The van der Waals surface area contributed by atoms with Crippen LogP contribution >= 0.6 is 15.6 Å². The first-order chi connectivity index (χ1) is 47.7. The van der Waals surface area contributed by atoms with Crippen molar-refractivity contribution in [1.29, 1.82) is 0 Å². The van der Waals surface area contributed by atoms with Gasteiger partial charge in [0.15, 0.2) is 12.2 Å². The molecule has 564 valence electrons. The quantitative estimate of drug-likeness (QED) is 0.0169. The maximum Gasteiger partial charge on any atom is 0.472 e. The first-order valence-electron chi connectivity index (χ1n) is 38.1. The molecule has 0 aromatic rings. The molecule has 0 saturated carbocycles. The fraction of sp³-hybridized carbons (Fsp3) is 0.722. The van der Waals surface area contributed by atoms with E-state index in [1.54, 1.807) is 0 Å². The largest absolute Gasteiger partial charge is 0.472 e. The predicted octanol–water partition coefficient (Wildman–Crippen LogP) is 21.8. The molecule has 0 aromatic carbocycles. The molecule has 0 amide bonds. The molecule has 5 unspecified atom stereocenters. The van der Waals surface area contributed by atoms with Crippen LogP contribution in [-0.2, 0) is 65.4 Å². The molecule has 98 heavy (non-hydrogen) atoms. The van der Waals surface area contributed by atoms with Crippen molar-refractivity contribution in [3.63, 3.8) is 0 Å². The Morgan fingerprint density at radius 3 is 0.867 bits per heavy atom. The minimum absolute atomic E-state index is 0.0737. The Kier molecular flexibility index (Phi) is 68.0. The van der Waals surface area contributed by atoms with E-state index in [1.165, 1.54) is 25.7 Å². The highest BCUT2D eigenvalue weighted by atomic mass is 31.2. The zero-order chi connectivity index (χ0) is 71.8. The highest BCUT2D eigenvalue weighted by molar-refractivity contribution is 7.47. The van der Waals surface area contributed by atoms with Crippen molar-refractivity contribution in [2.24, 2.45) is 0 Å². The number of carbonyl (C=O) groups excluding carboxylic acids is 4. The van der Waals surface area contributed by atoms with E-state index in [1.807, 2.05) is 0 Å². The van der Waals surface area contributed by atoms with Crippen LogP contribution in [0.4, 0.5) is 0 Å². The highest BCUT2D eigenvalue weighted by Gasteiger charge is 2.30. The lowest BCUT2D eigenvalue weighted by Gasteiger charge is -2.21. The van der Waals surface area contributed by atoms with Crippen molar-refractivity contribution in [2.45, 2.75) is 329 Å². The summed E-state index contributed by atoms with van der Waals surface area (Å²) in [5, 5.41) is 10.6. The summed E-state index contributed by atoms with van der Waals surface area (Å²) in [6.07, 6.45) is 75.1. The Labute approximate surface area is 594 Å². The van der Waals surface area contributed by atoms with Crippen LogP contribution in [0.1, 0.15) is 310 Å². The Morgan fingerprint density at radius 1 is 0.296 bits per heavy atom. The minimum Gasteiger partial charge on any atom is -0.462 e. The summed E-state index contributed by atoms with van der Waals surface area (Å²) >= 11 is 0. The Hall–Kier alpha value is -4.28. The maximum absolute atomic E-state index is 13.1. The van der Waals surface area contributed by atoms with Crippen LogP contribution < -0.4 is 0 Å². The van der Waals surface area contributed by atoms with Gasteiger partial charge in [-0.2, -0.15) is 0 Å². The topological polar surface area (TPSA) is 237 Å². The average Bonchev–Trinajstić information content (AvgIpc) is 0.966. The van der Waals surface area contributed by atoms with Gasteiger partial charge in [-0.3, -0.25) is 37.3 Å². The van der Waals surface area contributed by atoms with Crippen LogP contribution in [-0.4, -0.2) is 96.7 Å². The van der Waals surface area contributed by atoms with E-state index < -0.39 is 97.5 Å². The Balaban J connectivity index is 5.35. The summed E-state index contributed by atoms with van der Waals surface area (Å²) in [5.74, 6) is -2.22. The Morgan fingerprint density at radius 2 is 0.551 bits per heavy atom. The average molecular weight is 1420 g/mol. The van der Waals surface area contributed by atoms with Crippen molar-refractivity contribution < 1.29 is 80.2 Å². The second kappa shape index (κ2) is 71.1. The second-order valence-electron chi connectivity index (χ2n) is 25.2. The van der Waals surface area contributed by atoms with E-state index in [0.29, 0.717) is 25.7 Å². The number of hydrogen-bond donors (Lipinski definition) is 3. The first kappa shape index (κ1) is 93.7. The molecule has 0 bridgehead atoms. The van der Waals surface area contributed by atoms with Crippen LogP contribution in [0.3, 0.4) is 0 Å². The molecule has 0 aliphatic carbocycles. The number of carbonyl (C=O) groups is 4. The molecule has 0 rings (SSSR count). The number of rotatable bonds is 71. The van der Waals surface area contributed by atoms with Crippen molar-refractivity contribution in [1.82, 2.24) is 0 Å².